The van der Waals surface area contributed by atoms with Crippen LogP contribution in [-0.4, -0.2) is 29.5 Å². The zero-order chi connectivity index (χ0) is 17.5. The number of carboxylic acids is 1. The van der Waals surface area contributed by atoms with Crippen molar-refractivity contribution in [2.24, 2.45) is 11.8 Å². The third-order valence-electron chi connectivity index (χ3n) is 4.14. The molecule has 0 aliphatic heterocycles. The van der Waals surface area contributed by atoms with E-state index in [1.165, 1.54) is 0 Å². The van der Waals surface area contributed by atoms with Crippen LogP contribution in [0, 0.1) is 18.8 Å². The van der Waals surface area contributed by atoms with E-state index in [-0.39, 0.29) is 6.61 Å². The topological polar surface area (TPSA) is 105 Å². The molecule has 1 fully saturated rings. The first-order valence-corrected chi connectivity index (χ1v) is 7.98. The lowest BCUT2D eigenvalue weighted by atomic mass is 9.79. The molecule has 2 atom stereocenters. The molecule has 3 N–H and O–H groups in total. The Kier molecular flexibility index (Phi) is 6.17. The number of hydrogen-bond acceptors (Lipinski definition) is 4. The molecule has 2 rings (SSSR count). The second-order valence-corrected chi connectivity index (χ2v) is 5.97. The fraction of sp³-hybridized carbons (Fsp3) is 0.471. The quantitative estimate of drug-likeness (QED) is 0.706. The van der Waals surface area contributed by atoms with E-state index in [2.05, 4.69) is 10.9 Å². The van der Waals surface area contributed by atoms with Gasteiger partial charge in [-0.3, -0.25) is 25.2 Å². The number of ether oxygens (including phenoxy) is 1. The fourth-order valence-electron chi connectivity index (χ4n) is 2.78. The predicted molar refractivity (Wildman–Crippen MR) is 86.0 cm³/mol. The lowest BCUT2D eigenvalue weighted by molar-refractivity contribution is -0.149. The van der Waals surface area contributed by atoms with Crippen LogP contribution in [0.1, 0.15) is 31.2 Å². The zero-order valence-corrected chi connectivity index (χ0v) is 13.6. The molecular weight excluding hydrogens is 312 g/mol. The Morgan fingerprint density at radius 1 is 1.08 bits per heavy atom. The van der Waals surface area contributed by atoms with Gasteiger partial charge >= 0.3 is 5.97 Å². The third kappa shape index (κ3) is 4.97. The van der Waals surface area contributed by atoms with Crippen LogP contribution in [0.5, 0.6) is 5.75 Å². The molecule has 24 heavy (non-hydrogen) atoms. The van der Waals surface area contributed by atoms with Crippen LogP contribution in [0.15, 0.2) is 24.3 Å². The Labute approximate surface area is 140 Å². The number of rotatable bonds is 5. The Morgan fingerprint density at radius 3 is 2.33 bits per heavy atom. The van der Waals surface area contributed by atoms with Crippen molar-refractivity contribution in [3.05, 3.63) is 29.8 Å². The number of nitrogens with one attached hydrogen (secondary N) is 2. The average molecular weight is 334 g/mol. The van der Waals surface area contributed by atoms with E-state index < -0.39 is 29.6 Å². The normalized spacial score (nSPS) is 20.0. The molecule has 1 saturated carbocycles. The second-order valence-electron chi connectivity index (χ2n) is 5.97. The van der Waals surface area contributed by atoms with E-state index in [1.807, 2.05) is 19.1 Å². The Balaban J connectivity index is 1.77. The van der Waals surface area contributed by atoms with Crippen molar-refractivity contribution in [3.63, 3.8) is 0 Å². The summed E-state index contributed by atoms with van der Waals surface area (Å²) in [5.41, 5.74) is 5.65. The maximum atomic E-state index is 12.1. The van der Waals surface area contributed by atoms with Crippen molar-refractivity contribution in [2.75, 3.05) is 6.61 Å². The summed E-state index contributed by atoms with van der Waals surface area (Å²) in [5.74, 6) is -2.70. The fourth-order valence-corrected chi connectivity index (χ4v) is 2.78. The Morgan fingerprint density at radius 2 is 1.71 bits per heavy atom. The van der Waals surface area contributed by atoms with E-state index in [0.717, 1.165) is 18.4 Å². The summed E-state index contributed by atoms with van der Waals surface area (Å²) < 4.78 is 5.30. The van der Waals surface area contributed by atoms with Crippen molar-refractivity contribution in [1.29, 1.82) is 0 Å². The number of carboxylic acid groups (broad SMARTS) is 1. The van der Waals surface area contributed by atoms with Gasteiger partial charge in [0, 0.05) is 0 Å². The van der Waals surface area contributed by atoms with E-state index in [1.54, 1.807) is 12.1 Å². The van der Waals surface area contributed by atoms with Gasteiger partial charge in [0.2, 0.25) is 5.91 Å². The minimum atomic E-state index is -0.969. The lowest BCUT2D eigenvalue weighted by Gasteiger charge is -2.27. The number of hydrazine groups is 1. The van der Waals surface area contributed by atoms with Gasteiger partial charge in [0.25, 0.3) is 5.91 Å². The van der Waals surface area contributed by atoms with Crippen molar-refractivity contribution < 1.29 is 24.2 Å². The van der Waals surface area contributed by atoms with Crippen LogP contribution < -0.4 is 15.6 Å². The third-order valence-corrected chi connectivity index (χ3v) is 4.14. The summed E-state index contributed by atoms with van der Waals surface area (Å²) >= 11 is 0. The second kappa shape index (κ2) is 8.33. The Bertz CT molecular complexity index is 600. The van der Waals surface area contributed by atoms with Crippen LogP contribution in [0.3, 0.4) is 0 Å². The maximum absolute atomic E-state index is 12.1. The Hall–Kier alpha value is -2.57. The first kappa shape index (κ1) is 17.8. The van der Waals surface area contributed by atoms with Gasteiger partial charge in [-0.15, -0.1) is 0 Å². The van der Waals surface area contributed by atoms with Crippen LogP contribution in [0.2, 0.25) is 0 Å². The van der Waals surface area contributed by atoms with Crippen molar-refractivity contribution in [2.45, 2.75) is 32.6 Å². The van der Waals surface area contributed by atoms with Gasteiger partial charge in [0.05, 0.1) is 11.8 Å². The monoisotopic (exact) mass is 334 g/mol. The van der Waals surface area contributed by atoms with E-state index >= 15 is 0 Å². The number of carbonyl (C=O) groups excluding carboxylic acids is 2. The highest BCUT2D eigenvalue weighted by molar-refractivity contribution is 5.87. The molecule has 1 aromatic carbocycles. The molecule has 0 aromatic heterocycles. The number of aliphatic carboxylic acids is 1. The van der Waals surface area contributed by atoms with Gasteiger partial charge in [-0.05, 0) is 31.9 Å². The molecule has 2 amide bonds. The van der Waals surface area contributed by atoms with Crippen LogP contribution in [0.25, 0.3) is 0 Å². The number of benzene rings is 1. The summed E-state index contributed by atoms with van der Waals surface area (Å²) in [7, 11) is 0. The molecule has 1 aromatic rings. The van der Waals surface area contributed by atoms with Crippen LogP contribution >= 0.6 is 0 Å². The van der Waals surface area contributed by atoms with E-state index in [4.69, 9.17) is 4.74 Å². The van der Waals surface area contributed by atoms with Crippen LogP contribution in [0.4, 0.5) is 0 Å². The van der Waals surface area contributed by atoms with Crippen molar-refractivity contribution >= 4 is 17.8 Å². The van der Waals surface area contributed by atoms with Gasteiger partial charge in [-0.25, -0.2) is 0 Å². The highest BCUT2D eigenvalue weighted by atomic mass is 16.5. The number of aryl methyl sites for hydroxylation is 1. The molecule has 7 heteroatoms. The van der Waals surface area contributed by atoms with E-state index in [0.29, 0.717) is 18.6 Å². The smallest absolute Gasteiger partial charge is 0.307 e. The van der Waals surface area contributed by atoms with Gasteiger partial charge in [0.1, 0.15) is 5.75 Å². The molecule has 0 heterocycles. The minimum Gasteiger partial charge on any atom is -0.484 e. The minimum absolute atomic E-state index is 0.240. The molecule has 0 bridgehead atoms. The first-order chi connectivity index (χ1) is 11.5. The number of amides is 2. The molecule has 0 radical (unpaired) electrons. The van der Waals surface area contributed by atoms with Gasteiger partial charge in [0.15, 0.2) is 6.61 Å². The molecule has 1 aliphatic carbocycles. The predicted octanol–water partition coefficient (Wildman–Crippen LogP) is 1.41. The summed E-state index contributed by atoms with van der Waals surface area (Å²) in [6, 6.07) is 7.23. The van der Waals surface area contributed by atoms with Gasteiger partial charge < -0.3 is 9.84 Å². The largest absolute Gasteiger partial charge is 0.484 e. The van der Waals surface area contributed by atoms with Crippen molar-refractivity contribution in [1.82, 2.24) is 10.9 Å². The zero-order valence-electron chi connectivity index (χ0n) is 13.6. The van der Waals surface area contributed by atoms with Gasteiger partial charge in [-0.2, -0.15) is 0 Å². The molecule has 0 unspecified atom stereocenters. The summed E-state index contributed by atoms with van der Waals surface area (Å²) in [4.78, 5) is 35.0. The highest BCUT2D eigenvalue weighted by Crippen LogP contribution is 2.30. The van der Waals surface area contributed by atoms with Crippen molar-refractivity contribution in [3.8, 4) is 5.75 Å². The van der Waals surface area contributed by atoms with E-state index in [9.17, 15) is 19.5 Å². The highest BCUT2D eigenvalue weighted by Gasteiger charge is 2.35. The number of hydrogen-bond donors (Lipinski definition) is 3. The molecule has 0 spiro atoms. The maximum Gasteiger partial charge on any atom is 0.307 e. The SMILES string of the molecule is Cc1ccc(OCC(=O)NNC(=O)[C@H]2CCCC[C@@H]2C(=O)O)cc1. The molecule has 0 saturated heterocycles. The first-order valence-electron chi connectivity index (χ1n) is 7.98. The summed E-state index contributed by atoms with van der Waals surface area (Å²) in [6.07, 6.45) is 2.61. The van der Waals surface area contributed by atoms with Crippen LogP contribution in [-0.2, 0) is 14.4 Å². The standard InChI is InChI=1S/C17H22N2O5/c1-11-6-8-12(9-7-11)24-10-15(20)18-19-16(21)13-4-2-3-5-14(13)17(22)23/h6-9,13-14H,2-5,10H2,1H3,(H,18,20)(H,19,21)(H,22,23)/t13-,14-/m0/s1. The molecular formula is C17H22N2O5. The summed E-state index contributed by atoms with van der Waals surface area (Å²) in [5, 5.41) is 9.18. The summed E-state index contributed by atoms with van der Waals surface area (Å²) in [6.45, 7) is 1.71. The average Bonchev–Trinajstić information content (AvgIpc) is 2.59. The molecule has 1 aliphatic rings. The molecule has 130 valence electrons. The molecule has 7 nitrogen and oxygen atoms in total. The van der Waals surface area contributed by atoms with Gasteiger partial charge in [-0.1, -0.05) is 30.5 Å². The lowest BCUT2D eigenvalue weighted by Crippen LogP contribution is -2.49. The number of carbonyl (C=O) groups is 3.